The second-order valence-electron chi connectivity index (χ2n) is 7.20. The molecule has 9 heteroatoms. The van der Waals surface area contributed by atoms with Gasteiger partial charge in [-0.05, 0) is 36.6 Å². The van der Waals surface area contributed by atoms with Crippen LogP contribution in [0.4, 0.5) is 5.69 Å². The van der Waals surface area contributed by atoms with Gasteiger partial charge < -0.3 is 19.3 Å². The molecule has 2 aliphatic heterocycles. The van der Waals surface area contributed by atoms with Crippen LogP contribution in [0, 0.1) is 5.92 Å². The minimum absolute atomic E-state index is 0.0311. The Morgan fingerprint density at radius 1 is 1.11 bits per heavy atom. The van der Waals surface area contributed by atoms with Crippen molar-refractivity contribution < 1.29 is 27.5 Å². The number of anilines is 1. The van der Waals surface area contributed by atoms with Crippen molar-refractivity contribution >= 4 is 27.4 Å². The molecule has 0 N–H and O–H groups in total. The van der Waals surface area contributed by atoms with Crippen molar-refractivity contribution in [1.82, 2.24) is 4.90 Å². The third-order valence-electron chi connectivity index (χ3n) is 5.21. The molecule has 2 aliphatic rings. The van der Waals surface area contributed by atoms with Crippen molar-refractivity contribution in [2.45, 2.75) is 12.8 Å². The summed E-state index contributed by atoms with van der Waals surface area (Å²) in [5, 5.41) is 0. The molecule has 0 aromatic heterocycles. The van der Waals surface area contributed by atoms with Gasteiger partial charge in [-0.15, -0.1) is 0 Å². The lowest BCUT2D eigenvalue weighted by Crippen LogP contribution is -2.49. The van der Waals surface area contributed by atoms with Crippen LogP contribution < -0.4 is 9.64 Å². The summed E-state index contributed by atoms with van der Waals surface area (Å²) in [6, 6.07) is 7.78. The summed E-state index contributed by atoms with van der Waals surface area (Å²) < 4.78 is 33.1. The Morgan fingerprint density at radius 3 is 2.36 bits per heavy atom. The number of amides is 1. The maximum Gasteiger partial charge on any atom is 0.306 e. The fourth-order valence-electron chi connectivity index (χ4n) is 3.57. The van der Waals surface area contributed by atoms with Gasteiger partial charge in [-0.2, -0.15) is 0 Å². The number of rotatable bonds is 6. The van der Waals surface area contributed by atoms with Crippen molar-refractivity contribution in [2.24, 2.45) is 5.92 Å². The molecule has 1 aromatic carbocycles. The van der Waals surface area contributed by atoms with Gasteiger partial charge in [0.1, 0.15) is 5.75 Å². The van der Waals surface area contributed by atoms with Crippen LogP contribution in [0.25, 0.3) is 0 Å². The highest BCUT2D eigenvalue weighted by Gasteiger charge is 2.30. The maximum absolute atomic E-state index is 12.3. The summed E-state index contributed by atoms with van der Waals surface area (Å²) in [6.45, 7) is 2.23. The molecule has 0 unspecified atom stereocenters. The number of methoxy groups -OCH3 is 1. The molecule has 0 aliphatic carbocycles. The number of ether oxygens (including phenoxy) is 2. The minimum atomic E-state index is -3.02. The largest absolute Gasteiger partial charge is 0.497 e. The van der Waals surface area contributed by atoms with Crippen LogP contribution >= 0.6 is 0 Å². The van der Waals surface area contributed by atoms with Crippen LogP contribution in [0.1, 0.15) is 12.8 Å². The van der Waals surface area contributed by atoms with E-state index < -0.39 is 15.8 Å². The number of nitrogens with zero attached hydrogens (tertiary/aromatic N) is 2. The summed E-state index contributed by atoms with van der Waals surface area (Å²) in [4.78, 5) is 28.0. The predicted molar refractivity (Wildman–Crippen MR) is 104 cm³/mol. The second kappa shape index (κ2) is 8.81. The quantitative estimate of drug-likeness (QED) is 0.638. The molecular formula is C19H26N2O6S. The molecule has 28 heavy (non-hydrogen) atoms. The van der Waals surface area contributed by atoms with E-state index in [9.17, 15) is 18.0 Å². The van der Waals surface area contributed by atoms with Crippen molar-refractivity contribution in [3.63, 3.8) is 0 Å². The van der Waals surface area contributed by atoms with E-state index in [1.54, 1.807) is 12.0 Å². The van der Waals surface area contributed by atoms with E-state index in [1.165, 1.54) is 0 Å². The molecule has 1 atom stereocenters. The lowest BCUT2D eigenvalue weighted by atomic mass is 10.1. The summed E-state index contributed by atoms with van der Waals surface area (Å²) in [5.41, 5.74) is 1.07. The number of sulfone groups is 1. The number of benzene rings is 1. The number of carbonyl (C=O) groups excluding carboxylic acids is 2. The van der Waals surface area contributed by atoms with Crippen molar-refractivity contribution in [2.75, 3.05) is 56.3 Å². The molecule has 0 radical (unpaired) electrons. The summed E-state index contributed by atoms with van der Waals surface area (Å²) in [7, 11) is -1.39. The molecule has 2 heterocycles. The maximum atomic E-state index is 12.3. The lowest BCUT2D eigenvalue weighted by Gasteiger charge is -2.36. The van der Waals surface area contributed by atoms with Gasteiger partial charge in [-0.1, -0.05) is 0 Å². The molecule has 8 nitrogen and oxygen atoms in total. The van der Waals surface area contributed by atoms with Gasteiger partial charge in [0, 0.05) is 38.3 Å². The average Bonchev–Trinajstić information content (AvgIpc) is 3.04. The Morgan fingerprint density at radius 2 is 1.79 bits per heavy atom. The molecule has 0 saturated carbocycles. The fraction of sp³-hybridized carbons (Fsp3) is 0.579. The second-order valence-corrected chi connectivity index (χ2v) is 9.43. The summed E-state index contributed by atoms with van der Waals surface area (Å²) in [6.07, 6.45) is 0.538. The van der Waals surface area contributed by atoms with E-state index in [0.29, 0.717) is 32.6 Å². The number of piperazine rings is 1. The standard InChI is InChI=1S/C19H26N2O6S/c1-26-17-4-2-16(3-5-17)20-7-9-21(10-8-20)18(22)13-27-19(23)12-15-6-11-28(24,25)14-15/h2-5,15H,6-14H2,1H3/t15-/m0/s1. The first kappa shape index (κ1) is 20.4. The summed E-state index contributed by atoms with van der Waals surface area (Å²) in [5.74, 6) is 0.0374. The first-order valence-corrected chi connectivity index (χ1v) is 11.2. The van der Waals surface area contributed by atoms with Gasteiger partial charge in [-0.3, -0.25) is 9.59 Å². The van der Waals surface area contributed by atoms with Crippen LogP contribution in [-0.4, -0.2) is 76.6 Å². The first-order valence-electron chi connectivity index (χ1n) is 9.39. The molecular weight excluding hydrogens is 384 g/mol. The van der Waals surface area contributed by atoms with E-state index >= 15 is 0 Å². The van der Waals surface area contributed by atoms with Gasteiger partial charge >= 0.3 is 5.97 Å². The number of hydrogen-bond donors (Lipinski definition) is 0. The Labute approximate surface area is 165 Å². The predicted octanol–water partition coefficient (Wildman–Crippen LogP) is 0.712. The smallest absolute Gasteiger partial charge is 0.306 e. The van der Waals surface area contributed by atoms with Crippen LogP contribution in [0.2, 0.25) is 0 Å². The van der Waals surface area contributed by atoms with Gasteiger partial charge in [0.2, 0.25) is 0 Å². The fourth-order valence-corrected chi connectivity index (χ4v) is 5.43. The SMILES string of the molecule is COc1ccc(N2CCN(C(=O)COC(=O)C[C@@H]3CCS(=O)(=O)C3)CC2)cc1. The minimum Gasteiger partial charge on any atom is -0.497 e. The van der Waals surface area contributed by atoms with Crippen molar-refractivity contribution in [3.05, 3.63) is 24.3 Å². The third-order valence-corrected chi connectivity index (χ3v) is 7.05. The molecule has 0 spiro atoms. The van der Waals surface area contributed by atoms with Crippen LogP contribution in [0.5, 0.6) is 5.75 Å². The molecule has 154 valence electrons. The highest BCUT2D eigenvalue weighted by atomic mass is 32.2. The van der Waals surface area contributed by atoms with Gasteiger partial charge in [0.15, 0.2) is 16.4 Å². The average molecular weight is 410 g/mol. The zero-order valence-electron chi connectivity index (χ0n) is 16.0. The molecule has 2 saturated heterocycles. The van der Waals surface area contributed by atoms with E-state index in [4.69, 9.17) is 9.47 Å². The van der Waals surface area contributed by atoms with Gasteiger partial charge in [0.25, 0.3) is 5.91 Å². The molecule has 2 fully saturated rings. The Bertz CT molecular complexity index is 800. The van der Waals surface area contributed by atoms with E-state index in [2.05, 4.69) is 4.90 Å². The zero-order valence-corrected chi connectivity index (χ0v) is 16.8. The van der Waals surface area contributed by atoms with E-state index in [1.807, 2.05) is 24.3 Å². The van der Waals surface area contributed by atoms with Crippen LogP contribution in [-0.2, 0) is 24.2 Å². The zero-order chi connectivity index (χ0) is 20.1. The third kappa shape index (κ3) is 5.37. The highest BCUT2D eigenvalue weighted by Crippen LogP contribution is 2.22. The van der Waals surface area contributed by atoms with E-state index in [-0.39, 0.29) is 36.4 Å². The van der Waals surface area contributed by atoms with Crippen molar-refractivity contribution in [1.29, 1.82) is 0 Å². The number of hydrogen-bond acceptors (Lipinski definition) is 7. The normalized spacial score (nSPS) is 21.4. The molecule has 3 rings (SSSR count). The van der Waals surface area contributed by atoms with Gasteiger partial charge in [-0.25, -0.2) is 8.42 Å². The van der Waals surface area contributed by atoms with Gasteiger partial charge in [0.05, 0.1) is 18.6 Å². The number of carbonyl (C=O) groups is 2. The Hall–Kier alpha value is -2.29. The lowest BCUT2D eigenvalue weighted by molar-refractivity contribution is -0.152. The molecule has 1 amide bonds. The molecule has 0 bridgehead atoms. The first-order chi connectivity index (χ1) is 13.4. The van der Waals surface area contributed by atoms with Crippen LogP contribution in [0.3, 0.4) is 0 Å². The van der Waals surface area contributed by atoms with E-state index in [0.717, 1.165) is 11.4 Å². The number of esters is 1. The summed E-state index contributed by atoms with van der Waals surface area (Å²) >= 11 is 0. The Kier molecular flexibility index (Phi) is 6.43. The highest BCUT2D eigenvalue weighted by molar-refractivity contribution is 7.91. The Balaban J connectivity index is 1.39. The van der Waals surface area contributed by atoms with Crippen molar-refractivity contribution in [3.8, 4) is 5.75 Å². The van der Waals surface area contributed by atoms with Crippen LogP contribution in [0.15, 0.2) is 24.3 Å². The molecule has 1 aromatic rings. The topological polar surface area (TPSA) is 93.2 Å². The monoisotopic (exact) mass is 410 g/mol.